The van der Waals surface area contributed by atoms with Gasteiger partial charge in [0.2, 0.25) is 0 Å². The van der Waals surface area contributed by atoms with Gasteiger partial charge in [0.05, 0.1) is 12.8 Å². The molecule has 0 spiro atoms. The van der Waals surface area contributed by atoms with Crippen LogP contribution in [0.1, 0.15) is 17.5 Å². The number of carbonyl (C=O) groups excluding carboxylic acids is 1. The van der Waals surface area contributed by atoms with Crippen molar-refractivity contribution in [3.63, 3.8) is 0 Å². The lowest BCUT2D eigenvalue weighted by Gasteiger charge is -2.03. The number of Topliss-reactive ketones (excluding diaryl/α,β-unsaturated/α-hetero) is 1. The number of ketones is 1. The first-order chi connectivity index (χ1) is 7.13. The van der Waals surface area contributed by atoms with Crippen LogP contribution >= 0.6 is 0 Å². The molecule has 0 amide bonds. The second kappa shape index (κ2) is 3.31. The van der Waals surface area contributed by atoms with Gasteiger partial charge in [-0.05, 0) is 18.2 Å². The molecule has 0 fully saturated rings. The quantitative estimate of drug-likeness (QED) is 0.603. The highest BCUT2D eigenvalue weighted by atomic mass is 16.5. The van der Waals surface area contributed by atoms with Crippen molar-refractivity contribution in [1.82, 2.24) is 0 Å². The number of nitrogens with two attached hydrogens (primary N) is 1. The SMILES string of the molecule is COc1ccc2oc(C(C)=O)cc2c1N. The number of hydrogen-bond acceptors (Lipinski definition) is 4. The van der Waals surface area contributed by atoms with Crippen LogP contribution < -0.4 is 10.5 Å². The van der Waals surface area contributed by atoms with Gasteiger partial charge < -0.3 is 14.9 Å². The van der Waals surface area contributed by atoms with Crippen LogP contribution in [0, 0.1) is 0 Å². The molecule has 1 aromatic heterocycles. The highest BCUT2D eigenvalue weighted by molar-refractivity contribution is 6.00. The Morgan fingerprint density at radius 3 is 2.80 bits per heavy atom. The maximum Gasteiger partial charge on any atom is 0.194 e. The maximum absolute atomic E-state index is 11.1. The second-order valence-electron chi connectivity index (χ2n) is 3.26. The average Bonchev–Trinajstić information content (AvgIpc) is 2.63. The van der Waals surface area contributed by atoms with Crippen molar-refractivity contribution in [2.24, 2.45) is 0 Å². The van der Waals surface area contributed by atoms with Crippen molar-refractivity contribution in [2.45, 2.75) is 6.92 Å². The number of ether oxygens (including phenoxy) is 1. The number of methoxy groups -OCH3 is 1. The van der Waals surface area contributed by atoms with Crippen LogP contribution in [0.2, 0.25) is 0 Å². The molecule has 78 valence electrons. The van der Waals surface area contributed by atoms with Gasteiger partial charge in [0.25, 0.3) is 0 Å². The minimum Gasteiger partial charge on any atom is -0.495 e. The van der Waals surface area contributed by atoms with Crippen LogP contribution in [0.15, 0.2) is 22.6 Å². The van der Waals surface area contributed by atoms with E-state index in [-0.39, 0.29) is 5.78 Å². The highest BCUT2D eigenvalue weighted by Crippen LogP contribution is 2.32. The Kier molecular flexibility index (Phi) is 2.11. The van der Waals surface area contributed by atoms with Crippen molar-refractivity contribution in [2.75, 3.05) is 12.8 Å². The number of carbonyl (C=O) groups is 1. The van der Waals surface area contributed by atoms with Gasteiger partial charge in [-0.25, -0.2) is 0 Å². The summed E-state index contributed by atoms with van der Waals surface area (Å²) in [5.74, 6) is 0.771. The number of hydrogen-bond donors (Lipinski definition) is 1. The van der Waals surface area contributed by atoms with Gasteiger partial charge in [-0.2, -0.15) is 0 Å². The standard InChI is InChI=1S/C11H11NO3/c1-6(13)10-5-7-8(15-10)3-4-9(14-2)11(7)12/h3-5H,12H2,1-2H3. The lowest BCUT2D eigenvalue weighted by atomic mass is 10.2. The summed E-state index contributed by atoms with van der Waals surface area (Å²) >= 11 is 0. The molecule has 0 aliphatic rings. The van der Waals surface area contributed by atoms with E-state index in [9.17, 15) is 4.79 Å². The number of rotatable bonds is 2. The van der Waals surface area contributed by atoms with E-state index in [1.54, 1.807) is 25.3 Å². The fourth-order valence-corrected chi connectivity index (χ4v) is 1.46. The van der Waals surface area contributed by atoms with Crippen LogP contribution in [-0.4, -0.2) is 12.9 Å². The molecule has 15 heavy (non-hydrogen) atoms. The van der Waals surface area contributed by atoms with Crippen LogP contribution in [0.4, 0.5) is 5.69 Å². The Labute approximate surface area is 86.6 Å². The van der Waals surface area contributed by atoms with E-state index in [2.05, 4.69) is 0 Å². The van der Waals surface area contributed by atoms with Gasteiger partial charge in [-0.1, -0.05) is 0 Å². The third kappa shape index (κ3) is 1.44. The molecule has 2 N–H and O–H groups in total. The molecule has 0 saturated carbocycles. The van der Waals surface area contributed by atoms with Crippen molar-refractivity contribution < 1.29 is 13.9 Å². The number of benzene rings is 1. The lowest BCUT2D eigenvalue weighted by Crippen LogP contribution is -1.91. The lowest BCUT2D eigenvalue weighted by molar-refractivity contribution is 0.0989. The summed E-state index contributed by atoms with van der Waals surface area (Å²) in [4.78, 5) is 11.1. The molecule has 1 aromatic carbocycles. The monoisotopic (exact) mass is 205 g/mol. The molecule has 0 bridgehead atoms. The normalized spacial score (nSPS) is 10.5. The van der Waals surface area contributed by atoms with Gasteiger partial charge >= 0.3 is 0 Å². The molecule has 0 unspecified atom stereocenters. The first-order valence-electron chi connectivity index (χ1n) is 4.50. The number of furan rings is 1. The summed E-state index contributed by atoms with van der Waals surface area (Å²) in [7, 11) is 1.55. The third-order valence-electron chi connectivity index (χ3n) is 2.27. The summed E-state index contributed by atoms with van der Waals surface area (Å²) in [6, 6.07) is 5.08. The third-order valence-corrected chi connectivity index (χ3v) is 2.27. The molecule has 1 heterocycles. The minimum absolute atomic E-state index is 0.121. The second-order valence-corrected chi connectivity index (χ2v) is 3.26. The van der Waals surface area contributed by atoms with E-state index >= 15 is 0 Å². The van der Waals surface area contributed by atoms with Crippen LogP contribution in [0.25, 0.3) is 11.0 Å². The Morgan fingerprint density at radius 1 is 1.47 bits per heavy atom. The van der Waals surface area contributed by atoms with E-state index in [4.69, 9.17) is 14.9 Å². The summed E-state index contributed by atoms with van der Waals surface area (Å²) in [5, 5.41) is 0.708. The van der Waals surface area contributed by atoms with Crippen LogP contribution in [-0.2, 0) is 0 Å². The molecular formula is C11H11NO3. The fourth-order valence-electron chi connectivity index (χ4n) is 1.46. The van der Waals surface area contributed by atoms with E-state index in [1.807, 2.05) is 0 Å². The Hall–Kier alpha value is -1.97. The molecule has 0 aliphatic heterocycles. The largest absolute Gasteiger partial charge is 0.495 e. The summed E-state index contributed by atoms with van der Waals surface area (Å²) < 4.78 is 10.4. The number of nitrogen functional groups attached to an aromatic ring is 1. The average molecular weight is 205 g/mol. The number of anilines is 1. The van der Waals surface area contributed by atoms with Gasteiger partial charge in [0.1, 0.15) is 11.3 Å². The van der Waals surface area contributed by atoms with Crippen LogP contribution in [0.5, 0.6) is 5.75 Å². The number of fused-ring (bicyclic) bond motifs is 1. The zero-order valence-electron chi connectivity index (χ0n) is 8.53. The summed E-state index contributed by atoms with van der Waals surface area (Å²) in [6.45, 7) is 1.45. The predicted molar refractivity (Wildman–Crippen MR) is 57.2 cm³/mol. The molecule has 0 aliphatic carbocycles. The van der Waals surface area contributed by atoms with Gasteiger partial charge in [-0.3, -0.25) is 4.79 Å². The van der Waals surface area contributed by atoms with Gasteiger partial charge in [-0.15, -0.1) is 0 Å². The van der Waals surface area contributed by atoms with Crippen LogP contribution in [0.3, 0.4) is 0 Å². The summed E-state index contributed by atoms with van der Waals surface area (Å²) in [6.07, 6.45) is 0. The maximum atomic E-state index is 11.1. The van der Waals surface area contributed by atoms with Gasteiger partial charge in [0, 0.05) is 12.3 Å². The highest BCUT2D eigenvalue weighted by Gasteiger charge is 2.12. The molecule has 0 atom stereocenters. The minimum atomic E-state index is -0.121. The summed E-state index contributed by atoms with van der Waals surface area (Å²) in [5.41, 5.74) is 6.93. The predicted octanol–water partition coefficient (Wildman–Crippen LogP) is 2.23. The molecule has 4 nitrogen and oxygen atoms in total. The Bertz CT molecular complexity index is 528. The molecule has 2 aromatic rings. The topological polar surface area (TPSA) is 65.5 Å². The first kappa shape index (κ1) is 9.58. The first-order valence-corrected chi connectivity index (χ1v) is 4.50. The molecule has 0 radical (unpaired) electrons. The fraction of sp³-hybridized carbons (Fsp3) is 0.182. The zero-order valence-corrected chi connectivity index (χ0v) is 8.53. The van der Waals surface area contributed by atoms with Crippen molar-refractivity contribution in [1.29, 1.82) is 0 Å². The van der Waals surface area contributed by atoms with E-state index in [0.717, 1.165) is 0 Å². The van der Waals surface area contributed by atoms with E-state index in [0.29, 0.717) is 28.2 Å². The molecule has 4 heteroatoms. The van der Waals surface area contributed by atoms with E-state index in [1.165, 1.54) is 6.92 Å². The van der Waals surface area contributed by atoms with Crippen molar-refractivity contribution in [3.8, 4) is 5.75 Å². The van der Waals surface area contributed by atoms with Gasteiger partial charge in [0.15, 0.2) is 11.5 Å². The Morgan fingerprint density at radius 2 is 2.20 bits per heavy atom. The smallest absolute Gasteiger partial charge is 0.194 e. The van der Waals surface area contributed by atoms with E-state index < -0.39 is 0 Å². The van der Waals surface area contributed by atoms with Crippen molar-refractivity contribution >= 4 is 22.4 Å². The molecule has 0 saturated heterocycles. The molecule has 2 rings (SSSR count). The van der Waals surface area contributed by atoms with Crippen molar-refractivity contribution in [3.05, 3.63) is 24.0 Å². The zero-order chi connectivity index (χ0) is 11.0. The molecular weight excluding hydrogens is 194 g/mol. The Balaban J connectivity index is 2.71.